The van der Waals surface area contributed by atoms with E-state index in [9.17, 15) is 18.0 Å². The standard InChI is InChI=1S/C15H13F3N4OS2/c1-6-7(2)24-13-10(6)12(23)21-11(22-13)8(3)25-14-19-5-4-9(20-14)15(16,17)18/h4-5,8H,1-3H3,(H,21,22,23). The second kappa shape index (κ2) is 6.41. The number of H-pyrrole nitrogens is 1. The molecule has 3 aromatic heterocycles. The van der Waals surface area contributed by atoms with Crippen LogP contribution in [0.5, 0.6) is 0 Å². The van der Waals surface area contributed by atoms with E-state index in [2.05, 4.69) is 19.9 Å². The fraction of sp³-hybridized carbons (Fsp3) is 0.333. The molecule has 0 spiro atoms. The number of thiophene rings is 1. The Labute approximate surface area is 148 Å². The fourth-order valence-electron chi connectivity index (χ4n) is 2.23. The summed E-state index contributed by atoms with van der Waals surface area (Å²) in [5.74, 6) is 0.379. The minimum atomic E-state index is -4.53. The molecule has 3 rings (SSSR count). The number of halogens is 3. The van der Waals surface area contributed by atoms with Gasteiger partial charge in [-0.15, -0.1) is 11.3 Å². The van der Waals surface area contributed by atoms with E-state index < -0.39 is 17.1 Å². The molecule has 0 saturated carbocycles. The third-order valence-electron chi connectivity index (χ3n) is 3.65. The van der Waals surface area contributed by atoms with Gasteiger partial charge in [0.1, 0.15) is 16.3 Å². The van der Waals surface area contributed by atoms with Crippen LogP contribution >= 0.6 is 23.1 Å². The zero-order valence-electron chi connectivity index (χ0n) is 13.4. The third-order valence-corrected chi connectivity index (χ3v) is 5.73. The highest BCUT2D eigenvalue weighted by molar-refractivity contribution is 7.99. The molecule has 132 valence electrons. The zero-order chi connectivity index (χ0) is 18.4. The van der Waals surface area contributed by atoms with Gasteiger partial charge in [0.15, 0.2) is 5.16 Å². The summed E-state index contributed by atoms with van der Waals surface area (Å²) in [7, 11) is 0. The van der Waals surface area contributed by atoms with Gasteiger partial charge >= 0.3 is 6.18 Å². The largest absolute Gasteiger partial charge is 0.433 e. The average Bonchev–Trinajstić information content (AvgIpc) is 2.81. The van der Waals surface area contributed by atoms with Crippen LogP contribution in [0, 0.1) is 13.8 Å². The van der Waals surface area contributed by atoms with Crippen LogP contribution in [-0.4, -0.2) is 19.9 Å². The summed E-state index contributed by atoms with van der Waals surface area (Å²) in [6.07, 6.45) is -3.46. The number of fused-ring (bicyclic) bond motifs is 1. The molecule has 0 radical (unpaired) electrons. The quantitative estimate of drug-likeness (QED) is 0.538. The lowest BCUT2D eigenvalue weighted by molar-refractivity contribution is -0.141. The van der Waals surface area contributed by atoms with Crippen molar-refractivity contribution in [2.24, 2.45) is 0 Å². The van der Waals surface area contributed by atoms with E-state index in [-0.39, 0.29) is 10.7 Å². The first-order chi connectivity index (χ1) is 11.7. The summed E-state index contributed by atoms with van der Waals surface area (Å²) in [5, 5.41) is 0.116. The molecule has 10 heteroatoms. The van der Waals surface area contributed by atoms with Gasteiger partial charge in [-0.2, -0.15) is 13.2 Å². The fourth-order valence-corrected chi connectivity index (χ4v) is 4.08. The Morgan fingerprint density at radius 2 is 2.00 bits per heavy atom. The van der Waals surface area contributed by atoms with Crippen LogP contribution in [0.4, 0.5) is 13.2 Å². The number of aromatic nitrogens is 4. The van der Waals surface area contributed by atoms with Gasteiger partial charge in [0.05, 0.1) is 10.6 Å². The molecular formula is C15H13F3N4OS2. The molecule has 1 atom stereocenters. The summed E-state index contributed by atoms with van der Waals surface area (Å²) < 4.78 is 38.2. The maximum atomic E-state index is 12.7. The van der Waals surface area contributed by atoms with E-state index in [1.807, 2.05) is 13.8 Å². The van der Waals surface area contributed by atoms with Crippen LogP contribution < -0.4 is 5.56 Å². The van der Waals surface area contributed by atoms with E-state index in [0.29, 0.717) is 16.0 Å². The number of aromatic amines is 1. The normalized spacial score (nSPS) is 13.4. The van der Waals surface area contributed by atoms with Gasteiger partial charge in [0.25, 0.3) is 5.56 Å². The molecular weight excluding hydrogens is 373 g/mol. The number of alkyl halides is 3. The second-order valence-electron chi connectivity index (χ2n) is 5.40. The van der Waals surface area contributed by atoms with Gasteiger partial charge in [-0.3, -0.25) is 4.79 Å². The molecule has 0 bridgehead atoms. The van der Waals surface area contributed by atoms with Crippen molar-refractivity contribution in [1.82, 2.24) is 19.9 Å². The number of thioether (sulfide) groups is 1. The summed E-state index contributed by atoms with van der Waals surface area (Å²) >= 11 is 2.42. The smallest absolute Gasteiger partial charge is 0.309 e. The van der Waals surface area contributed by atoms with E-state index >= 15 is 0 Å². The Balaban J connectivity index is 1.93. The predicted octanol–water partition coefficient (Wildman–Crippen LogP) is 4.26. The summed E-state index contributed by atoms with van der Waals surface area (Å²) in [4.78, 5) is 28.5. The molecule has 5 nitrogen and oxygen atoms in total. The minimum Gasteiger partial charge on any atom is -0.309 e. The Hall–Kier alpha value is -1.94. The van der Waals surface area contributed by atoms with Crippen LogP contribution in [0.2, 0.25) is 0 Å². The number of hydrogen-bond acceptors (Lipinski definition) is 6. The predicted molar refractivity (Wildman–Crippen MR) is 91.0 cm³/mol. The van der Waals surface area contributed by atoms with Gasteiger partial charge in [0, 0.05) is 11.1 Å². The maximum Gasteiger partial charge on any atom is 0.433 e. The van der Waals surface area contributed by atoms with E-state index in [0.717, 1.165) is 34.5 Å². The summed E-state index contributed by atoms with van der Waals surface area (Å²) in [5.41, 5.74) is -0.361. The highest BCUT2D eigenvalue weighted by Crippen LogP contribution is 2.34. The van der Waals surface area contributed by atoms with Crippen molar-refractivity contribution in [3.8, 4) is 0 Å². The van der Waals surface area contributed by atoms with Crippen LogP contribution in [0.15, 0.2) is 22.2 Å². The molecule has 25 heavy (non-hydrogen) atoms. The molecule has 0 aromatic carbocycles. The topological polar surface area (TPSA) is 71.5 Å². The highest BCUT2D eigenvalue weighted by atomic mass is 32.2. The number of nitrogens with zero attached hydrogens (tertiary/aromatic N) is 3. The van der Waals surface area contributed by atoms with Gasteiger partial charge < -0.3 is 4.98 Å². The third kappa shape index (κ3) is 3.54. The Morgan fingerprint density at radius 3 is 2.68 bits per heavy atom. The molecule has 0 aliphatic heterocycles. The second-order valence-corrected chi connectivity index (χ2v) is 7.91. The first-order valence-corrected chi connectivity index (χ1v) is 8.93. The van der Waals surface area contributed by atoms with Crippen LogP contribution in [0.3, 0.4) is 0 Å². The summed E-state index contributed by atoms with van der Waals surface area (Å²) in [6, 6.07) is 0.818. The van der Waals surface area contributed by atoms with E-state index in [1.54, 1.807) is 6.92 Å². The number of hydrogen-bond donors (Lipinski definition) is 1. The number of nitrogens with one attached hydrogen (secondary N) is 1. The lowest BCUT2D eigenvalue weighted by Gasteiger charge is -2.11. The molecule has 3 heterocycles. The molecule has 0 fully saturated rings. The molecule has 1 N–H and O–H groups in total. The van der Waals surface area contributed by atoms with Gasteiger partial charge in [-0.1, -0.05) is 11.8 Å². The Kier molecular flexibility index (Phi) is 4.58. The van der Waals surface area contributed by atoms with Gasteiger partial charge in [-0.05, 0) is 32.4 Å². The van der Waals surface area contributed by atoms with Crippen LogP contribution in [0.1, 0.15) is 34.1 Å². The minimum absolute atomic E-state index is 0.0244. The summed E-state index contributed by atoms with van der Waals surface area (Å²) in [6.45, 7) is 5.50. The Bertz CT molecular complexity index is 997. The van der Waals surface area contributed by atoms with Crippen LogP contribution in [-0.2, 0) is 6.18 Å². The molecule has 1 unspecified atom stereocenters. The molecule has 3 aromatic rings. The van der Waals surface area contributed by atoms with Crippen molar-refractivity contribution in [2.75, 3.05) is 0 Å². The van der Waals surface area contributed by atoms with Crippen molar-refractivity contribution in [3.05, 3.63) is 44.6 Å². The number of aryl methyl sites for hydroxylation is 2. The van der Waals surface area contributed by atoms with E-state index in [1.165, 1.54) is 11.3 Å². The van der Waals surface area contributed by atoms with Crippen molar-refractivity contribution in [1.29, 1.82) is 0 Å². The molecule has 0 aliphatic carbocycles. The van der Waals surface area contributed by atoms with Gasteiger partial charge in [-0.25, -0.2) is 15.0 Å². The van der Waals surface area contributed by atoms with Crippen molar-refractivity contribution in [2.45, 2.75) is 37.4 Å². The first kappa shape index (κ1) is 17.9. The highest BCUT2D eigenvalue weighted by Gasteiger charge is 2.33. The van der Waals surface area contributed by atoms with Crippen molar-refractivity contribution < 1.29 is 13.2 Å². The van der Waals surface area contributed by atoms with Gasteiger partial charge in [0.2, 0.25) is 0 Å². The molecule has 0 amide bonds. The molecule has 0 aliphatic rings. The maximum absolute atomic E-state index is 12.7. The Morgan fingerprint density at radius 1 is 1.28 bits per heavy atom. The van der Waals surface area contributed by atoms with Crippen LogP contribution in [0.25, 0.3) is 10.2 Å². The zero-order valence-corrected chi connectivity index (χ0v) is 15.1. The lowest BCUT2D eigenvalue weighted by Crippen LogP contribution is -2.13. The number of rotatable bonds is 3. The average molecular weight is 386 g/mol. The van der Waals surface area contributed by atoms with E-state index in [4.69, 9.17) is 0 Å². The SMILES string of the molecule is Cc1sc2nc(C(C)Sc3nccc(C(F)(F)F)n3)[nH]c(=O)c2c1C. The lowest BCUT2D eigenvalue weighted by atomic mass is 10.2. The van der Waals surface area contributed by atoms with Crippen molar-refractivity contribution >= 4 is 33.3 Å². The first-order valence-electron chi connectivity index (χ1n) is 7.23. The van der Waals surface area contributed by atoms with Crippen molar-refractivity contribution in [3.63, 3.8) is 0 Å². The monoisotopic (exact) mass is 386 g/mol. The molecule has 0 saturated heterocycles.